The largest absolute Gasteiger partial charge is 0.295 e. The van der Waals surface area contributed by atoms with Crippen molar-refractivity contribution in [2.45, 2.75) is 55.6 Å². The maximum atomic E-state index is 13.4. The monoisotopic (exact) mass is 433 g/mol. The van der Waals surface area contributed by atoms with E-state index in [1.807, 2.05) is 27.7 Å². The Kier molecular flexibility index (Phi) is 5.84. The number of amides is 1. The Morgan fingerprint density at radius 2 is 1.93 bits per heavy atom. The van der Waals surface area contributed by atoms with Gasteiger partial charge in [0.05, 0.1) is 21.1 Å². The Labute approximate surface area is 180 Å². The van der Waals surface area contributed by atoms with Crippen molar-refractivity contribution in [1.82, 2.24) is 25.1 Å². The minimum Gasteiger partial charge on any atom is -0.295 e. The second-order valence-corrected chi connectivity index (χ2v) is 11.0. The number of allylic oxidation sites excluding steroid dienone is 3. The van der Waals surface area contributed by atoms with E-state index in [1.165, 1.54) is 11.8 Å². The Balaban J connectivity index is 2.08. The van der Waals surface area contributed by atoms with Crippen LogP contribution in [0, 0.1) is 10.8 Å². The summed E-state index contributed by atoms with van der Waals surface area (Å²) in [6.07, 6.45) is 4.66. The summed E-state index contributed by atoms with van der Waals surface area (Å²) in [5, 5.41) is 12.2. The van der Waals surface area contributed by atoms with Crippen LogP contribution in [-0.2, 0) is 16.6 Å². The molecule has 156 valence electrons. The van der Waals surface area contributed by atoms with E-state index in [2.05, 4.69) is 28.7 Å². The molecule has 0 bridgehead atoms. The number of Topliss-reactive ketones (excluding diaryl/α,β-unsaturated/α-hetero) is 1. The average molecular weight is 434 g/mol. The van der Waals surface area contributed by atoms with Gasteiger partial charge in [-0.1, -0.05) is 44.7 Å². The van der Waals surface area contributed by atoms with Gasteiger partial charge in [0.15, 0.2) is 5.78 Å². The summed E-state index contributed by atoms with van der Waals surface area (Å²) in [7, 11) is 1.79. The van der Waals surface area contributed by atoms with Crippen LogP contribution in [0.4, 0.5) is 0 Å². The van der Waals surface area contributed by atoms with E-state index in [0.717, 1.165) is 5.57 Å². The lowest BCUT2D eigenvalue weighted by atomic mass is 9.71. The van der Waals surface area contributed by atoms with Gasteiger partial charge in [0.1, 0.15) is 0 Å². The van der Waals surface area contributed by atoms with Crippen LogP contribution in [0.2, 0.25) is 0 Å². The SMILES string of the molecule is C=CCC1(CC=C)C(=O)N2C(C(=O)C(C)(C)C)=C(C)C(Sc3nnnn3C)S[C@H]21. The maximum absolute atomic E-state index is 13.4. The standard InChI is InChI=1S/C20H27N5O2S2/c1-8-10-20(11-9-2)16(27)25-13(14(26)19(4,5)6)12(3)15(28-17(20)25)29-18-21-22-23-24(18)7/h8-9,15,17H,1-2,10-11H2,3-7H3/t15?,17-/m0/s1. The van der Waals surface area contributed by atoms with E-state index in [-0.39, 0.29) is 21.6 Å². The van der Waals surface area contributed by atoms with E-state index in [1.54, 1.807) is 40.5 Å². The van der Waals surface area contributed by atoms with Crippen molar-refractivity contribution in [3.63, 3.8) is 0 Å². The van der Waals surface area contributed by atoms with Crippen LogP contribution in [0.1, 0.15) is 40.5 Å². The molecule has 0 aliphatic carbocycles. The fourth-order valence-corrected chi connectivity index (χ4v) is 6.69. The van der Waals surface area contributed by atoms with Crippen LogP contribution < -0.4 is 0 Å². The number of carbonyl (C=O) groups excluding carboxylic acids is 2. The molecular formula is C20H27N5O2S2. The number of β-lactam (4-membered cyclic amide) rings is 1. The number of rotatable bonds is 7. The second kappa shape index (κ2) is 7.75. The molecule has 1 aromatic heterocycles. The Morgan fingerprint density at radius 3 is 2.41 bits per heavy atom. The minimum absolute atomic E-state index is 0.0227. The number of tetrazole rings is 1. The molecule has 1 aromatic rings. The minimum atomic E-state index is -0.616. The second-order valence-electron chi connectivity index (χ2n) is 8.45. The number of thioether (sulfide) groups is 2. The van der Waals surface area contributed by atoms with Crippen molar-refractivity contribution in [3.8, 4) is 0 Å². The van der Waals surface area contributed by atoms with Crippen LogP contribution in [0.15, 0.2) is 41.7 Å². The maximum Gasteiger partial charge on any atom is 0.237 e. The Morgan fingerprint density at radius 1 is 1.31 bits per heavy atom. The van der Waals surface area contributed by atoms with Gasteiger partial charge >= 0.3 is 0 Å². The topological polar surface area (TPSA) is 81.0 Å². The first-order valence-corrected chi connectivity index (χ1v) is 11.3. The molecule has 1 saturated heterocycles. The first-order valence-electron chi connectivity index (χ1n) is 9.44. The highest BCUT2D eigenvalue weighted by Gasteiger charge is 2.64. The lowest BCUT2D eigenvalue weighted by Gasteiger charge is -2.59. The van der Waals surface area contributed by atoms with Crippen molar-refractivity contribution < 1.29 is 9.59 Å². The molecule has 1 amide bonds. The first-order chi connectivity index (χ1) is 13.6. The first kappa shape index (κ1) is 21.8. The number of ketones is 1. The van der Waals surface area contributed by atoms with E-state index >= 15 is 0 Å². The van der Waals surface area contributed by atoms with Crippen LogP contribution in [0.5, 0.6) is 0 Å². The third-order valence-corrected chi connectivity index (χ3v) is 8.55. The molecule has 2 atom stereocenters. The molecule has 9 heteroatoms. The van der Waals surface area contributed by atoms with E-state index in [0.29, 0.717) is 23.7 Å². The van der Waals surface area contributed by atoms with Crippen molar-refractivity contribution in [2.24, 2.45) is 17.9 Å². The van der Waals surface area contributed by atoms with Crippen LogP contribution in [-0.4, -0.2) is 46.8 Å². The normalized spacial score (nSPS) is 23.5. The number of hydrogen-bond donors (Lipinski definition) is 0. The molecule has 0 N–H and O–H groups in total. The van der Waals surface area contributed by atoms with E-state index in [9.17, 15) is 9.59 Å². The third kappa shape index (κ3) is 3.48. The molecule has 0 radical (unpaired) electrons. The predicted molar refractivity (Wildman–Crippen MR) is 116 cm³/mol. The van der Waals surface area contributed by atoms with Gasteiger partial charge in [0, 0.05) is 12.5 Å². The number of aromatic nitrogens is 4. The molecule has 1 unspecified atom stereocenters. The predicted octanol–water partition coefficient (Wildman–Crippen LogP) is 3.57. The van der Waals surface area contributed by atoms with Crippen LogP contribution in [0.3, 0.4) is 0 Å². The summed E-state index contributed by atoms with van der Waals surface area (Å²) in [6.45, 7) is 15.3. The summed E-state index contributed by atoms with van der Waals surface area (Å²) in [4.78, 5) is 28.4. The van der Waals surface area contributed by atoms with Crippen molar-refractivity contribution in [1.29, 1.82) is 0 Å². The fraction of sp³-hybridized carbons (Fsp3) is 0.550. The number of fused-ring (bicyclic) bond motifs is 1. The van der Waals surface area contributed by atoms with Gasteiger partial charge in [-0.2, -0.15) is 0 Å². The Bertz CT molecular complexity index is 889. The average Bonchev–Trinajstić information content (AvgIpc) is 3.05. The lowest BCUT2D eigenvalue weighted by Crippen LogP contribution is -2.69. The zero-order chi connectivity index (χ0) is 21.6. The van der Waals surface area contributed by atoms with E-state index in [4.69, 9.17) is 0 Å². The molecule has 2 aliphatic rings. The molecule has 0 aromatic carbocycles. The number of hydrogen-bond acceptors (Lipinski definition) is 7. The van der Waals surface area contributed by atoms with Gasteiger partial charge in [0.2, 0.25) is 11.1 Å². The number of nitrogens with zero attached hydrogens (tertiary/aromatic N) is 5. The Hall–Kier alpha value is -1.87. The summed E-state index contributed by atoms with van der Waals surface area (Å²) >= 11 is 3.18. The van der Waals surface area contributed by atoms with E-state index < -0.39 is 10.8 Å². The van der Waals surface area contributed by atoms with Crippen molar-refractivity contribution in [3.05, 3.63) is 36.6 Å². The third-order valence-electron chi connectivity index (χ3n) is 5.28. The fourth-order valence-electron chi connectivity index (χ4n) is 3.72. The molecule has 7 nitrogen and oxygen atoms in total. The highest BCUT2D eigenvalue weighted by molar-refractivity contribution is 8.17. The molecule has 3 rings (SSSR count). The molecule has 0 spiro atoms. The quantitative estimate of drug-likeness (QED) is 0.480. The highest BCUT2D eigenvalue weighted by Crippen LogP contribution is 2.59. The van der Waals surface area contributed by atoms with Crippen LogP contribution >= 0.6 is 23.5 Å². The number of carbonyl (C=O) groups is 2. The van der Waals surface area contributed by atoms with Gasteiger partial charge in [-0.25, -0.2) is 4.68 Å². The summed E-state index contributed by atoms with van der Waals surface area (Å²) in [5.74, 6) is -0.0494. The summed E-state index contributed by atoms with van der Waals surface area (Å²) in [6, 6.07) is 0. The van der Waals surface area contributed by atoms with Gasteiger partial charge in [-0.05, 0) is 35.8 Å². The molecule has 2 aliphatic heterocycles. The van der Waals surface area contributed by atoms with Crippen molar-refractivity contribution in [2.75, 3.05) is 0 Å². The zero-order valence-electron chi connectivity index (χ0n) is 17.5. The van der Waals surface area contributed by atoms with Gasteiger partial charge in [-0.3, -0.25) is 14.5 Å². The van der Waals surface area contributed by atoms with Gasteiger partial charge < -0.3 is 0 Å². The van der Waals surface area contributed by atoms with Crippen molar-refractivity contribution >= 4 is 35.2 Å². The highest BCUT2D eigenvalue weighted by atomic mass is 32.2. The molecule has 29 heavy (non-hydrogen) atoms. The van der Waals surface area contributed by atoms with Gasteiger partial charge in [0.25, 0.3) is 0 Å². The molecule has 0 saturated carbocycles. The lowest BCUT2D eigenvalue weighted by molar-refractivity contribution is -0.161. The van der Waals surface area contributed by atoms with Gasteiger partial charge in [-0.15, -0.1) is 30.0 Å². The smallest absolute Gasteiger partial charge is 0.237 e. The molecule has 3 heterocycles. The molecular weight excluding hydrogens is 406 g/mol. The zero-order valence-corrected chi connectivity index (χ0v) is 19.1. The molecule has 1 fully saturated rings. The number of aryl methyl sites for hydroxylation is 1. The van der Waals surface area contributed by atoms with Crippen LogP contribution in [0.25, 0.3) is 0 Å². The summed E-state index contributed by atoms with van der Waals surface area (Å²) < 4.78 is 1.53. The summed E-state index contributed by atoms with van der Waals surface area (Å²) in [5.41, 5.74) is 0.177.